The van der Waals surface area contributed by atoms with Crippen molar-refractivity contribution < 1.29 is 28.5 Å². The summed E-state index contributed by atoms with van der Waals surface area (Å²) in [6, 6.07) is 0. The molecule has 2 saturated heterocycles. The second kappa shape index (κ2) is 7.90. The number of rotatable bonds is 2. The van der Waals surface area contributed by atoms with Crippen LogP contribution < -0.4 is 0 Å². The summed E-state index contributed by atoms with van der Waals surface area (Å²) in [5, 5.41) is 0. The molecule has 0 aromatic carbocycles. The minimum Gasteiger partial charge on any atom is -0.458 e. The van der Waals surface area contributed by atoms with Gasteiger partial charge in [0.1, 0.15) is 0 Å². The Balaban J connectivity index is 2.38. The Labute approximate surface area is 141 Å². The molecule has 24 heavy (non-hydrogen) atoms. The van der Waals surface area contributed by atoms with Gasteiger partial charge in [-0.15, -0.1) is 0 Å². The number of carbonyl (C=O) groups excluding carboxylic acids is 2. The molecule has 0 aromatic heterocycles. The van der Waals surface area contributed by atoms with Gasteiger partial charge in [0.15, 0.2) is 5.76 Å². The van der Waals surface area contributed by atoms with E-state index in [4.69, 9.17) is 18.9 Å². The fraction of sp³-hybridized carbons (Fsp3) is 0.556. The number of hydrogen-bond donors (Lipinski definition) is 0. The van der Waals surface area contributed by atoms with Gasteiger partial charge in [-0.3, -0.25) is 9.59 Å². The first kappa shape index (κ1) is 17.9. The monoisotopic (exact) mass is 332 g/mol. The van der Waals surface area contributed by atoms with Gasteiger partial charge in [0, 0.05) is 26.3 Å². The van der Waals surface area contributed by atoms with Crippen molar-refractivity contribution in [2.45, 2.75) is 58.0 Å². The summed E-state index contributed by atoms with van der Waals surface area (Å²) >= 11 is 0. The van der Waals surface area contributed by atoms with Gasteiger partial charge in [-0.25, -0.2) is 0 Å². The summed E-state index contributed by atoms with van der Waals surface area (Å²) in [6.45, 7) is 4.73. The molecule has 0 aliphatic carbocycles. The van der Waals surface area contributed by atoms with Crippen LogP contribution in [-0.4, -0.2) is 36.5 Å². The van der Waals surface area contributed by atoms with Crippen molar-refractivity contribution in [3.05, 3.63) is 11.8 Å². The van der Waals surface area contributed by atoms with Crippen LogP contribution in [0.3, 0.4) is 0 Å². The van der Waals surface area contributed by atoms with Crippen molar-refractivity contribution in [3.63, 3.8) is 0 Å². The molecular weight excluding hydrogens is 312 g/mol. The van der Waals surface area contributed by atoms with Crippen LogP contribution >= 0.6 is 0 Å². The first-order valence-electron chi connectivity index (χ1n) is 7.78. The molecule has 0 amide bonds. The van der Waals surface area contributed by atoms with Crippen LogP contribution in [0.4, 0.5) is 0 Å². The maximum atomic E-state index is 11.5. The van der Waals surface area contributed by atoms with Crippen molar-refractivity contribution in [1.82, 2.24) is 0 Å². The van der Waals surface area contributed by atoms with Crippen molar-refractivity contribution in [2.75, 3.05) is 6.61 Å². The van der Waals surface area contributed by atoms with Crippen LogP contribution in [0, 0.1) is 23.7 Å². The fourth-order valence-corrected chi connectivity index (χ4v) is 2.74. The average Bonchev–Trinajstić information content (AvgIpc) is 2.78. The lowest BCUT2D eigenvalue weighted by molar-refractivity contribution is -0.263. The molecular formula is C18H20O6. The lowest BCUT2D eigenvalue weighted by atomic mass is 9.98. The lowest BCUT2D eigenvalue weighted by Gasteiger charge is -2.36. The smallest absolute Gasteiger partial charge is 0.303 e. The third kappa shape index (κ3) is 4.10. The predicted molar refractivity (Wildman–Crippen MR) is 84.0 cm³/mol. The molecule has 128 valence electrons. The van der Waals surface area contributed by atoms with E-state index in [1.54, 1.807) is 6.92 Å². The van der Waals surface area contributed by atoms with E-state index in [9.17, 15) is 9.59 Å². The highest BCUT2D eigenvalue weighted by Gasteiger charge is 2.59. The normalized spacial score (nSPS) is 29.7. The van der Waals surface area contributed by atoms with E-state index < -0.39 is 29.9 Å². The number of hydrogen-bond acceptors (Lipinski definition) is 6. The largest absolute Gasteiger partial charge is 0.458 e. The van der Waals surface area contributed by atoms with Crippen LogP contribution in [-0.2, 0) is 28.5 Å². The molecule has 0 saturated carbocycles. The number of ether oxygens (including phenoxy) is 4. The quantitative estimate of drug-likeness (QED) is 0.566. The Hall–Kier alpha value is -2.44. The fourth-order valence-electron chi connectivity index (χ4n) is 2.74. The highest BCUT2D eigenvalue weighted by Crippen LogP contribution is 2.43. The maximum absolute atomic E-state index is 11.5. The highest BCUT2D eigenvalue weighted by molar-refractivity contribution is 5.68. The number of allylic oxidation sites excluding steroid dienone is 1. The number of esters is 2. The third-order valence-electron chi connectivity index (χ3n) is 3.61. The zero-order valence-corrected chi connectivity index (χ0v) is 14.0. The SMILES string of the molecule is CC#CC#CC=C1OC2(CCCCO2)C(OC(C)=O)C1OC(C)=O. The minimum atomic E-state index is -1.14. The maximum Gasteiger partial charge on any atom is 0.303 e. The summed E-state index contributed by atoms with van der Waals surface area (Å²) in [6.07, 6.45) is 1.98. The average molecular weight is 332 g/mol. The highest BCUT2D eigenvalue weighted by atomic mass is 16.7. The third-order valence-corrected chi connectivity index (χ3v) is 3.61. The molecule has 2 fully saturated rings. The van der Waals surface area contributed by atoms with Crippen LogP contribution in [0.2, 0.25) is 0 Å². The van der Waals surface area contributed by atoms with E-state index in [0.717, 1.165) is 12.8 Å². The number of carbonyl (C=O) groups is 2. The first-order valence-corrected chi connectivity index (χ1v) is 7.78. The van der Waals surface area contributed by atoms with E-state index in [1.165, 1.54) is 19.9 Å². The van der Waals surface area contributed by atoms with Gasteiger partial charge in [-0.2, -0.15) is 0 Å². The van der Waals surface area contributed by atoms with Gasteiger partial charge in [0.2, 0.25) is 12.2 Å². The van der Waals surface area contributed by atoms with Gasteiger partial charge >= 0.3 is 11.9 Å². The molecule has 3 atom stereocenters. The van der Waals surface area contributed by atoms with Crippen LogP contribution in [0.15, 0.2) is 11.8 Å². The molecule has 3 unspecified atom stereocenters. The Morgan fingerprint density at radius 1 is 1.21 bits per heavy atom. The van der Waals surface area contributed by atoms with Crippen LogP contribution in [0.5, 0.6) is 0 Å². The molecule has 0 N–H and O–H groups in total. The molecule has 6 nitrogen and oxygen atoms in total. The van der Waals surface area contributed by atoms with E-state index in [1.807, 2.05) is 0 Å². The van der Waals surface area contributed by atoms with Gasteiger partial charge in [0.05, 0.1) is 6.61 Å². The van der Waals surface area contributed by atoms with E-state index in [2.05, 4.69) is 23.7 Å². The van der Waals surface area contributed by atoms with Crippen molar-refractivity contribution in [3.8, 4) is 23.7 Å². The van der Waals surface area contributed by atoms with Crippen LogP contribution in [0.1, 0.15) is 40.0 Å². The molecule has 0 bridgehead atoms. The van der Waals surface area contributed by atoms with E-state index in [-0.39, 0.29) is 0 Å². The Bertz CT molecular complexity index is 648. The molecule has 6 heteroatoms. The first-order chi connectivity index (χ1) is 11.5. The summed E-state index contributed by atoms with van der Waals surface area (Å²) in [7, 11) is 0. The molecule has 2 heterocycles. The Kier molecular flexibility index (Phi) is 5.89. The van der Waals surface area contributed by atoms with Gasteiger partial charge in [0.25, 0.3) is 5.79 Å². The van der Waals surface area contributed by atoms with Crippen LogP contribution in [0.25, 0.3) is 0 Å². The summed E-state index contributed by atoms with van der Waals surface area (Å²) < 4.78 is 22.5. The molecule has 0 radical (unpaired) electrons. The predicted octanol–water partition coefficient (Wildman–Crippen LogP) is 1.69. The summed E-state index contributed by atoms with van der Waals surface area (Å²) in [5.41, 5.74) is 0. The molecule has 2 aliphatic rings. The topological polar surface area (TPSA) is 71.1 Å². The molecule has 0 aromatic rings. The van der Waals surface area contributed by atoms with Gasteiger partial charge < -0.3 is 18.9 Å². The summed E-state index contributed by atoms with van der Waals surface area (Å²) in [4.78, 5) is 23.0. The minimum absolute atomic E-state index is 0.295. The standard InChI is InChI=1S/C18H20O6/c1-4-5-6-7-10-15-16(22-13(2)19)17(23-14(3)20)18(24-15)11-8-9-12-21-18/h10,16-17H,8-9,11-12H2,1-3H3. The second-order valence-electron chi connectivity index (χ2n) is 5.47. The zero-order valence-electron chi connectivity index (χ0n) is 14.0. The zero-order chi connectivity index (χ0) is 17.6. The summed E-state index contributed by atoms with van der Waals surface area (Å²) in [5.74, 6) is 8.75. The van der Waals surface area contributed by atoms with Crippen molar-refractivity contribution in [2.24, 2.45) is 0 Å². The second-order valence-corrected chi connectivity index (χ2v) is 5.47. The molecule has 1 spiro atoms. The van der Waals surface area contributed by atoms with E-state index in [0.29, 0.717) is 18.8 Å². The Morgan fingerprint density at radius 3 is 2.54 bits per heavy atom. The lowest BCUT2D eigenvalue weighted by Crippen LogP contribution is -2.50. The van der Waals surface area contributed by atoms with Gasteiger partial charge in [-0.1, -0.05) is 11.8 Å². The Morgan fingerprint density at radius 2 is 1.96 bits per heavy atom. The molecule has 2 rings (SSSR count). The van der Waals surface area contributed by atoms with Gasteiger partial charge in [-0.05, 0) is 31.6 Å². The van der Waals surface area contributed by atoms with Crippen molar-refractivity contribution in [1.29, 1.82) is 0 Å². The van der Waals surface area contributed by atoms with Crippen molar-refractivity contribution >= 4 is 11.9 Å². The molecule has 2 aliphatic heterocycles. The van der Waals surface area contributed by atoms with E-state index >= 15 is 0 Å².